The van der Waals surface area contributed by atoms with Crippen LogP contribution in [0.3, 0.4) is 0 Å². The van der Waals surface area contributed by atoms with E-state index in [2.05, 4.69) is 55.4 Å². The maximum absolute atomic E-state index is 11.7. The molecule has 0 rings (SSSR count). The molecule has 0 aliphatic carbocycles. The fraction of sp³-hybridized carbons (Fsp3) is 0.833. The summed E-state index contributed by atoms with van der Waals surface area (Å²) in [6, 6.07) is 0. The summed E-state index contributed by atoms with van der Waals surface area (Å²) < 4.78 is 0. The number of hydrogen-bond donors (Lipinski definition) is 0. The van der Waals surface area contributed by atoms with E-state index in [1.807, 2.05) is 19.6 Å². The van der Waals surface area contributed by atoms with Crippen LogP contribution in [0.2, 0.25) is 0 Å². The standard InChI is InChI=1S/4C12H23NO2.Zr/c4*1-4-6-8-13(9-7-5-2)12(15)10-11(3)14;/h4*4-10H2,1-3H3;. The van der Waals surface area contributed by atoms with Crippen LogP contribution in [0.4, 0.5) is 0 Å². The maximum Gasteiger partial charge on any atom is 0.230 e. The zero-order chi connectivity index (χ0) is 46.7. The Kier molecular flexibility index (Phi) is 53.7. The predicted octanol–water partition coefficient (Wildman–Crippen LogP) is 9.57. The Hall–Kier alpha value is -2.56. The molecule has 4 amide bonds. The van der Waals surface area contributed by atoms with Gasteiger partial charge in [0, 0.05) is 78.6 Å². The van der Waals surface area contributed by atoms with Crippen molar-refractivity contribution >= 4 is 46.8 Å². The molecule has 0 unspecified atom stereocenters. The second-order valence-corrected chi connectivity index (χ2v) is 15.9. The molecule has 0 fully saturated rings. The van der Waals surface area contributed by atoms with Crippen molar-refractivity contribution in [1.29, 1.82) is 0 Å². The Bertz CT molecular complexity index is 959. The molecule has 0 saturated carbocycles. The molecule has 0 heterocycles. The van der Waals surface area contributed by atoms with E-state index in [4.69, 9.17) is 0 Å². The molecule has 0 radical (unpaired) electrons. The summed E-state index contributed by atoms with van der Waals surface area (Å²) in [7, 11) is 0. The van der Waals surface area contributed by atoms with E-state index in [1.54, 1.807) is 0 Å². The molecule has 0 aromatic rings. The number of Topliss-reactive ketones (excluding diaryl/α,β-unsaturated/α-hetero) is 4. The van der Waals surface area contributed by atoms with Crippen molar-refractivity contribution in [3.05, 3.63) is 0 Å². The van der Waals surface area contributed by atoms with E-state index < -0.39 is 0 Å². The molecule has 0 aromatic carbocycles. The minimum Gasteiger partial charge on any atom is -0.342 e. The van der Waals surface area contributed by atoms with Gasteiger partial charge in [-0.15, -0.1) is 0 Å². The Morgan fingerprint density at radius 3 is 0.459 bits per heavy atom. The number of carbonyl (C=O) groups excluding carboxylic acids is 8. The third-order valence-corrected chi connectivity index (χ3v) is 9.26. The molecule has 0 spiro atoms. The third-order valence-electron chi connectivity index (χ3n) is 9.26. The maximum atomic E-state index is 11.7. The first-order valence-electron chi connectivity index (χ1n) is 23.5. The molecule has 0 aliphatic rings. The van der Waals surface area contributed by atoms with Crippen LogP contribution in [0, 0.1) is 0 Å². The van der Waals surface area contributed by atoms with Crippen LogP contribution >= 0.6 is 0 Å². The fourth-order valence-electron chi connectivity index (χ4n) is 5.54. The molecule has 0 saturated heterocycles. The van der Waals surface area contributed by atoms with Gasteiger partial charge in [0.15, 0.2) is 0 Å². The number of hydrogen-bond acceptors (Lipinski definition) is 8. The monoisotopic (exact) mass is 943 g/mol. The van der Waals surface area contributed by atoms with Gasteiger partial charge in [-0.05, 0) is 79.1 Å². The molecule has 356 valence electrons. The minimum atomic E-state index is -0.0435. The van der Waals surface area contributed by atoms with Crippen molar-refractivity contribution in [3.63, 3.8) is 0 Å². The molecule has 13 heteroatoms. The fourth-order valence-corrected chi connectivity index (χ4v) is 5.54. The number of amides is 4. The van der Waals surface area contributed by atoms with Gasteiger partial charge in [0.25, 0.3) is 0 Å². The second kappa shape index (κ2) is 48.5. The van der Waals surface area contributed by atoms with Crippen LogP contribution in [-0.4, -0.2) is 119 Å². The van der Waals surface area contributed by atoms with Gasteiger partial charge in [0.05, 0.1) is 25.7 Å². The summed E-state index contributed by atoms with van der Waals surface area (Å²) in [6.45, 7) is 29.1. The minimum absolute atomic E-state index is 0. The van der Waals surface area contributed by atoms with Gasteiger partial charge in [-0.2, -0.15) is 0 Å². The average molecular weight is 945 g/mol. The molecule has 0 aliphatic heterocycles. The number of carbonyl (C=O) groups is 8. The van der Waals surface area contributed by atoms with Crippen LogP contribution in [-0.2, 0) is 64.6 Å². The molecule has 61 heavy (non-hydrogen) atoms. The number of ketones is 4. The Labute approximate surface area is 392 Å². The molecular weight excluding hydrogens is 852 g/mol. The summed E-state index contributed by atoms with van der Waals surface area (Å²) in [6.07, 6.45) is 17.1. The normalized spacial score (nSPS) is 9.90. The number of rotatable bonds is 32. The number of unbranched alkanes of at least 4 members (excludes halogenated alkanes) is 8. The second-order valence-electron chi connectivity index (χ2n) is 15.9. The third kappa shape index (κ3) is 46.8. The van der Waals surface area contributed by atoms with Crippen LogP contribution < -0.4 is 0 Å². The van der Waals surface area contributed by atoms with E-state index >= 15 is 0 Å². The van der Waals surface area contributed by atoms with E-state index in [0.717, 1.165) is 155 Å². The summed E-state index contributed by atoms with van der Waals surface area (Å²) in [5, 5.41) is 0. The topological polar surface area (TPSA) is 150 Å². The molecule has 0 N–H and O–H groups in total. The Morgan fingerprint density at radius 2 is 0.377 bits per heavy atom. The SMILES string of the molecule is CCCCN(CCCC)C(=O)CC(C)=O.CCCCN(CCCC)C(=O)CC(C)=O.CCCCN(CCCC)C(=O)CC(C)=O.CCCCN(CCCC)C(=O)CC(C)=O.[Zr]. The van der Waals surface area contributed by atoms with Crippen molar-refractivity contribution < 1.29 is 64.6 Å². The van der Waals surface area contributed by atoms with Crippen LogP contribution in [0.15, 0.2) is 0 Å². The summed E-state index contributed by atoms with van der Waals surface area (Å²) in [5.74, 6) is -0.213. The summed E-state index contributed by atoms with van der Waals surface area (Å²) in [5.41, 5.74) is 0. The first-order valence-corrected chi connectivity index (χ1v) is 23.5. The largest absolute Gasteiger partial charge is 0.342 e. The molecule has 12 nitrogen and oxygen atoms in total. The van der Waals surface area contributed by atoms with Crippen LogP contribution in [0.1, 0.15) is 212 Å². The van der Waals surface area contributed by atoms with Crippen LogP contribution in [0.5, 0.6) is 0 Å². The molecular formula is C48H92N4O8Zr. The quantitative estimate of drug-likeness (QED) is 0.0606. The average Bonchev–Trinajstić information content (AvgIpc) is 3.17. The van der Waals surface area contributed by atoms with Gasteiger partial charge in [0.2, 0.25) is 23.6 Å². The molecule has 0 aromatic heterocycles. The van der Waals surface area contributed by atoms with Gasteiger partial charge in [-0.3, -0.25) is 38.4 Å². The Balaban J connectivity index is -0.000000227. The first-order chi connectivity index (χ1) is 28.5. The van der Waals surface area contributed by atoms with Crippen molar-refractivity contribution in [1.82, 2.24) is 19.6 Å². The van der Waals surface area contributed by atoms with Gasteiger partial charge >= 0.3 is 0 Å². The van der Waals surface area contributed by atoms with Crippen molar-refractivity contribution in [2.45, 2.75) is 212 Å². The summed E-state index contributed by atoms with van der Waals surface area (Å²) >= 11 is 0. The first kappa shape index (κ1) is 67.5. The van der Waals surface area contributed by atoms with Crippen molar-refractivity contribution in [3.8, 4) is 0 Å². The smallest absolute Gasteiger partial charge is 0.230 e. The van der Waals surface area contributed by atoms with Crippen molar-refractivity contribution in [2.75, 3.05) is 52.4 Å². The Morgan fingerprint density at radius 1 is 0.262 bits per heavy atom. The van der Waals surface area contributed by atoms with Crippen LogP contribution in [0.25, 0.3) is 0 Å². The van der Waals surface area contributed by atoms with Gasteiger partial charge < -0.3 is 19.6 Å². The van der Waals surface area contributed by atoms with E-state index in [0.29, 0.717) is 0 Å². The molecule has 0 atom stereocenters. The van der Waals surface area contributed by atoms with E-state index in [-0.39, 0.29) is 98.6 Å². The molecule has 0 bridgehead atoms. The van der Waals surface area contributed by atoms with E-state index in [9.17, 15) is 38.4 Å². The zero-order valence-corrected chi connectivity index (χ0v) is 43.8. The van der Waals surface area contributed by atoms with E-state index in [1.165, 1.54) is 27.7 Å². The van der Waals surface area contributed by atoms with Crippen molar-refractivity contribution in [2.24, 2.45) is 0 Å². The van der Waals surface area contributed by atoms with Gasteiger partial charge in [-0.1, -0.05) is 107 Å². The van der Waals surface area contributed by atoms with Gasteiger partial charge in [-0.25, -0.2) is 0 Å². The number of nitrogens with zero attached hydrogens (tertiary/aromatic N) is 4. The predicted molar refractivity (Wildman–Crippen MR) is 247 cm³/mol. The summed E-state index contributed by atoms with van der Waals surface area (Å²) in [4.78, 5) is 97.4. The zero-order valence-electron chi connectivity index (χ0n) is 41.4. The van der Waals surface area contributed by atoms with Gasteiger partial charge in [0.1, 0.15) is 23.1 Å².